The number of aromatic nitrogens is 4. The molecule has 4 fully saturated rings. The van der Waals surface area contributed by atoms with Crippen molar-refractivity contribution >= 4 is 23.1 Å². The van der Waals surface area contributed by atoms with Crippen molar-refractivity contribution in [2.45, 2.75) is 32.3 Å². The minimum Gasteiger partial charge on any atom is -0.477 e. The number of hydrogen-bond donors (Lipinski definition) is 2. The number of aromatic carboxylic acids is 1. The van der Waals surface area contributed by atoms with Gasteiger partial charge in [-0.3, -0.25) is 0 Å². The number of aryl methyl sites for hydroxylation is 1. The van der Waals surface area contributed by atoms with Crippen molar-refractivity contribution in [3.8, 4) is 0 Å². The number of pyridine rings is 2. The van der Waals surface area contributed by atoms with Crippen LogP contribution in [0.1, 0.15) is 41.6 Å². The molecule has 0 aromatic carbocycles. The number of carbonyl (C=O) groups is 1. The summed E-state index contributed by atoms with van der Waals surface area (Å²) in [6.07, 6.45) is 4.22. The lowest BCUT2D eigenvalue weighted by Crippen LogP contribution is -2.49. The zero-order valence-electron chi connectivity index (χ0n) is 18.9. The van der Waals surface area contributed by atoms with Crippen LogP contribution in [0.2, 0.25) is 0 Å². The lowest BCUT2D eigenvalue weighted by Gasteiger charge is -2.43. The molecule has 172 valence electrons. The summed E-state index contributed by atoms with van der Waals surface area (Å²) in [6, 6.07) is 7.19. The van der Waals surface area contributed by atoms with E-state index in [1.807, 2.05) is 4.52 Å². The van der Waals surface area contributed by atoms with Crippen LogP contribution in [0.15, 0.2) is 30.5 Å². The van der Waals surface area contributed by atoms with Gasteiger partial charge >= 0.3 is 5.97 Å². The van der Waals surface area contributed by atoms with Crippen LogP contribution in [0.3, 0.4) is 0 Å². The molecule has 9 nitrogen and oxygen atoms in total. The van der Waals surface area contributed by atoms with Crippen molar-refractivity contribution < 1.29 is 14.6 Å². The van der Waals surface area contributed by atoms with Gasteiger partial charge in [-0.05, 0) is 55.4 Å². The molecule has 7 rings (SSSR count). The minimum absolute atomic E-state index is 0.0308. The van der Waals surface area contributed by atoms with Gasteiger partial charge in [-0.15, -0.1) is 5.10 Å². The molecule has 0 amide bonds. The van der Waals surface area contributed by atoms with Gasteiger partial charge in [-0.2, -0.15) is 0 Å². The molecule has 9 heteroatoms. The quantitative estimate of drug-likeness (QED) is 0.593. The van der Waals surface area contributed by atoms with Crippen LogP contribution in [0.4, 0.5) is 11.5 Å². The second-order valence-electron chi connectivity index (χ2n) is 9.79. The van der Waals surface area contributed by atoms with Crippen molar-refractivity contribution in [1.29, 1.82) is 0 Å². The van der Waals surface area contributed by atoms with E-state index in [4.69, 9.17) is 14.8 Å². The molecule has 3 aromatic rings. The van der Waals surface area contributed by atoms with Gasteiger partial charge in [0.2, 0.25) is 0 Å². The van der Waals surface area contributed by atoms with E-state index in [2.05, 4.69) is 41.3 Å². The molecular formula is C24H28N6O3. The molecule has 4 unspecified atom stereocenters. The third-order valence-corrected chi connectivity index (χ3v) is 7.53. The van der Waals surface area contributed by atoms with Crippen LogP contribution in [0, 0.1) is 24.7 Å². The Kier molecular flexibility index (Phi) is 4.58. The van der Waals surface area contributed by atoms with Gasteiger partial charge in [0, 0.05) is 25.6 Å². The Bertz CT molecular complexity index is 1240. The Labute approximate surface area is 191 Å². The van der Waals surface area contributed by atoms with Gasteiger partial charge in [-0.25, -0.2) is 19.3 Å². The molecule has 1 saturated carbocycles. The number of carboxylic acids is 1. The predicted octanol–water partition coefficient (Wildman–Crippen LogP) is 2.95. The molecule has 0 radical (unpaired) electrons. The number of nitrogens with one attached hydrogen (secondary N) is 1. The molecule has 1 aliphatic carbocycles. The fourth-order valence-electron chi connectivity index (χ4n) is 5.67. The number of hydrogen-bond acceptors (Lipinski definition) is 7. The zero-order chi connectivity index (χ0) is 22.7. The van der Waals surface area contributed by atoms with Crippen LogP contribution in [-0.4, -0.2) is 56.9 Å². The van der Waals surface area contributed by atoms with Crippen molar-refractivity contribution in [2.24, 2.45) is 17.8 Å². The van der Waals surface area contributed by atoms with E-state index in [9.17, 15) is 9.90 Å². The van der Waals surface area contributed by atoms with E-state index in [0.717, 1.165) is 36.5 Å². The molecule has 3 aliphatic heterocycles. The van der Waals surface area contributed by atoms with E-state index in [1.165, 1.54) is 18.2 Å². The smallest absolute Gasteiger partial charge is 0.354 e. The van der Waals surface area contributed by atoms with Gasteiger partial charge < -0.3 is 20.1 Å². The Balaban J connectivity index is 1.26. The number of ether oxygens (including phenoxy) is 1. The maximum Gasteiger partial charge on any atom is 0.354 e. The largest absolute Gasteiger partial charge is 0.477 e. The summed E-state index contributed by atoms with van der Waals surface area (Å²) < 4.78 is 8.19. The summed E-state index contributed by atoms with van der Waals surface area (Å²) in [7, 11) is 0. The Morgan fingerprint density at radius 3 is 3.00 bits per heavy atom. The third kappa shape index (κ3) is 3.25. The van der Waals surface area contributed by atoms with Crippen LogP contribution >= 0.6 is 0 Å². The fourth-order valence-corrected chi connectivity index (χ4v) is 5.67. The number of carboxylic acid groups (broad SMARTS) is 1. The zero-order valence-corrected chi connectivity index (χ0v) is 18.9. The maximum atomic E-state index is 11.2. The number of anilines is 2. The first kappa shape index (κ1) is 20.4. The Morgan fingerprint density at radius 2 is 2.24 bits per heavy atom. The molecule has 4 aliphatic rings. The highest BCUT2D eigenvalue weighted by molar-refractivity contribution is 5.85. The van der Waals surface area contributed by atoms with Gasteiger partial charge in [0.1, 0.15) is 11.4 Å². The second kappa shape index (κ2) is 7.41. The first-order valence-electron chi connectivity index (χ1n) is 11.6. The Morgan fingerprint density at radius 1 is 1.36 bits per heavy atom. The highest BCUT2D eigenvalue weighted by atomic mass is 16.5. The molecule has 2 N–H and O–H groups in total. The van der Waals surface area contributed by atoms with Gasteiger partial charge in [0.25, 0.3) is 0 Å². The fraction of sp³-hybridized carbons (Fsp3) is 0.500. The first-order valence-corrected chi connectivity index (χ1v) is 11.6. The van der Waals surface area contributed by atoms with E-state index in [0.29, 0.717) is 30.8 Å². The average Bonchev–Trinajstić information content (AvgIpc) is 3.56. The van der Waals surface area contributed by atoms with Crippen molar-refractivity contribution in [3.63, 3.8) is 0 Å². The topological polar surface area (TPSA) is 105 Å². The molecule has 3 aromatic heterocycles. The van der Waals surface area contributed by atoms with Crippen molar-refractivity contribution in [2.75, 3.05) is 36.5 Å². The molecular weight excluding hydrogens is 420 g/mol. The van der Waals surface area contributed by atoms with Gasteiger partial charge in [0.05, 0.1) is 18.5 Å². The number of rotatable bonds is 6. The molecule has 4 atom stereocenters. The highest BCUT2D eigenvalue weighted by Gasteiger charge is 2.63. The standard InChI is InChI=1S/C24H28N6O3/c1-14-6-7-29(11-14)17-8-15(2)21-27-23(28-30(21)12-17)24-9-16(13-33-24)18(24)10-25-20-5-3-4-19(26-20)22(31)32/h3-5,8,12,14,16,18H,6-7,9-11,13H2,1-2H3,(H,25,26)(H,31,32). The average molecular weight is 449 g/mol. The van der Waals surface area contributed by atoms with Gasteiger partial charge in [0.15, 0.2) is 17.2 Å². The van der Waals surface area contributed by atoms with Crippen molar-refractivity contribution in [1.82, 2.24) is 19.6 Å². The number of fused-ring (bicyclic) bond motifs is 2. The normalized spacial score (nSPS) is 28.3. The van der Waals surface area contributed by atoms with Crippen molar-refractivity contribution in [3.05, 3.63) is 47.5 Å². The highest BCUT2D eigenvalue weighted by Crippen LogP contribution is 2.58. The maximum absolute atomic E-state index is 11.2. The summed E-state index contributed by atoms with van der Waals surface area (Å²) in [5, 5.41) is 17.4. The lowest BCUT2D eigenvalue weighted by molar-refractivity contribution is -0.0591. The van der Waals surface area contributed by atoms with Gasteiger partial charge in [-0.1, -0.05) is 13.0 Å². The van der Waals surface area contributed by atoms with E-state index >= 15 is 0 Å². The molecule has 6 heterocycles. The third-order valence-electron chi connectivity index (χ3n) is 7.53. The monoisotopic (exact) mass is 448 g/mol. The molecule has 3 saturated heterocycles. The summed E-state index contributed by atoms with van der Waals surface area (Å²) in [4.78, 5) is 22.7. The lowest BCUT2D eigenvalue weighted by atomic mass is 9.63. The molecule has 2 bridgehead atoms. The van der Waals surface area contributed by atoms with Crippen LogP contribution in [-0.2, 0) is 10.3 Å². The van der Waals surface area contributed by atoms with Crippen LogP contribution in [0.25, 0.3) is 5.65 Å². The van der Waals surface area contributed by atoms with E-state index < -0.39 is 11.6 Å². The second-order valence-corrected chi connectivity index (χ2v) is 9.79. The van der Waals surface area contributed by atoms with Crippen LogP contribution in [0.5, 0.6) is 0 Å². The Hall–Kier alpha value is -3.20. The number of nitrogens with zero attached hydrogens (tertiary/aromatic N) is 5. The van der Waals surface area contributed by atoms with E-state index in [1.54, 1.807) is 12.1 Å². The summed E-state index contributed by atoms with van der Waals surface area (Å²) >= 11 is 0. The minimum atomic E-state index is -1.03. The molecule has 0 spiro atoms. The first-order chi connectivity index (χ1) is 15.9. The van der Waals surface area contributed by atoms with E-state index in [-0.39, 0.29) is 11.6 Å². The summed E-state index contributed by atoms with van der Waals surface area (Å²) in [6.45, 7) is 7.86. The van der Waals surface area contributed by atoms with Crippen LogP contribution < -0.4 is 10.2 Å². The predicted molar refractivity (Wildman–Crippen MR) is 123 cm³/mol. The summed E-state index contributed by atoms with van der Waals surface area (Å²) in [5.41, 5.74) is 2.71. The SMILES string of the molecule is Cc1cc(N2CCC(C)C2)cn2nc(C34CC(CO3)C4CNc3cccc(C(=O)O)n3)nc12. The summed E-state index contributed by atoms with van der Waals surface area (Å²) in [5.74, 6) is 1.63. The molecule has 33 heavy (non-hydrogen) atoms.